The Morgan fingerprint density at radius 3 is 2.81 bits per heavy atom. The molecule has 1 atom stereocenters. The topological polar surface area (TPSA) is 78.9 Å². The number of ether oxygens (including phenoxy) is 1. The lowest BCUT2D eigenvalue weighted by Crippen LogP contribution is -2.46. The number of aliphatic carboxylic acids is 1. The van der Waals surface area contributed by atoms with Crippen molar-refractivity contribution < 1.29 is 19.4 Å². The minimum Gasteiger partial charge on any atom is -0.494 e. The van der Waals surface area contributed by atoms with E-state index in [0.717, 1.165) is 12.2 Å². The molecule has 1 aromatic carbocycles. The van der Waals surface area contributed by atoms with E-state index in [-0.39, 0.29) is 6.03 Å². The number of amides is 2. The first-order chi connectivity index (χ1) is 10.2. The molecule has 1 aliphatic heterocycles. The molecule has 0 spiro atoms. The van der Waals surface area contributed by atoms with Gasteiger partial charge in [-0.1, -0.05) is 18.2 Å². The smallest absolute Gasteiger partial charge is 0.326 e. The van der Waals surface area contributed by atoms with E-state index in [0.29, 0.717) is 32.5 Å². The molecule has 6 heteroatoms. The van der Waals surface area contributed by atoms with Gasteiger partial charge >= 0.3 is 12.0 Å². The first kappa shape index (κ1) is 15.2. The maximum atomic E-state index is 11.9. The number of carbonyl (C=O) groups is 2. The second kappa shape index (κ2) is 7.52. The summed E-state index contributed by atoms with van der Waals surface area (Å²) in [5.74, 6) is -0.135. The van der Waals surface area contributed by atoms with Crippen LogP contribution in [0.15, 0.2) is 30.3 Å². The molecule has 0 saturated carbocycles. The second-order valence-corrected chi connectivity index (χ2v) is 4.94. The lowest BCUT2D eigenvalue weighted by atomic mass is 10.2. The normalized spacial score (nSPS) is 17.5. The van der Waals surface area contributed by atoms with Crippen LogP contribution in [0, 0.1) is 0 Å². The van der Waals surface area contributed by atoms with Gasteiger partial charge in [0.25, 0.3) is 0 Å². The van der Waals surface area contributed by atoms with Crippen LogP contribution in [0.5, 0.6) is 5.75 Å². The summed E-state index contributed by atoms with van der Waals surface area (Å²) in [5.41, 5.74) is 0. The van der Waals surface area contributed by atoms with Crippen molar-refractivity contribution >= 4 is 12.0 Å². The quantitative estimate of drug-likeness (QED) is 0.782. The summed E-state index contributed by atoms with van der Waals surface area (Å²) < 4.78 is 5.51. The van der Waals surface area contributed by atoms with E-state index in [9.17, 15) is 9.59 Å². The molecule has 1 aromatic rings. The molecule has 2 rings (SSSR count). The zero-order valence-electron chi connectivity index (χ0n) is 11.8. The van der Waals surface area contributed by atoms with Gasteiger partial charge in [0.1, 0.15) is 11.8 Å². The standard InChI is InChI=1S/C15H20N2O4/c18-14(19)13-8-4-10-17(13)15(20)16-9-5-11-21-12-6-2-1-3-7-12/h1-3,6-7,13H,4-5,8-11H2,(H,16,20)(H,18,19)/t13-/m0/s1. The molecule has 2 N–H and O–H groups in total. The predicted molar refractivity (Wildman–Crippen MR) is 77.3 cm³/mol. The largest absolute Gasteiger partial charge is 0.494 e. The van der Waals surface area contributed by atoms with Gasteiger partial charge in [-0.15, -0.1) is 0 Å². The van der Waals surface area contributed by atoms with Crippen molar-refractivity contribution in [3.63, 3.8) is 0 Å². The Hall–Kier alpha value is -2.24. The van der Waals surface area contributed by atoms with E-state index in [1.165, 1.54) is 4.90 Å². The van der Waals surface area contributed by atoms with Gasteiger partial charge in [-0.3, -0.25) is 0 Å². The van der Waals surface area contributed by atoms with Crippen molar-refractivity contribution in [1.29, 1.82) is 0 Å². The highest BCUT2D eigenvalue weighted by molar-refractivity contribution is 5.83. The SMILES string of the molecule is O=C(O)[C@@H]1CCCN1C(=O)NCCCOc1ccccc1. The van der Waals surface area contributed by atoms with Crippen LogP contribution in [0.1, 0.15) is 19.3 Å². The van der Waals surface area contributed by atoms with Crippen LogP contribution in [0.2, 0.25) is 0 Å². The predicted octanol–water partition coefficient (Wildman–Crippen LogP) is 1.71. The Balaban J connectivity index is 1.64. The summed E-state index contributed by atoms with van der Waals surface area (Å²) >= 11 is 0. The Bertz CT molecular complexity index is 478. The van der Waals surface area contributed by atoms with Crippen LogP contribution in [0.4, 0.5) is 4.79 Å². The van der Waals surface area contributed by atoms with Gasteiger partial charge in [0, 0.05) is 13.1 Å². The molecule has 0 radical (unpaired) electrons. The van der Waals surface area contributed by atoms with E-state index < -0.39 is 12.0 Å². The zero-order valence-corrected chi connectivity index (χ0v) is 11.8. The number of carbonyl (C=O) groups excluding carboxylic acids is 1. The number of hydrogen-bond donors (Lipinski definition) is 2. The van der Waals surface area contributed by atoms with E-state index in [2.05, 4.69) is 5.32 Å². The molecule has 1 heterocycles. The molecule has 2 amide bonds. The molecule has 114 valence electrons. The van der Waals surface area contributed by atoms with Gasteiger partial charge in [-0.05, 0) is 31.4 Å². The Kier molecular flexibility index (Phi) is 5.43. The van der Waals surface area contributed by atoms with E-state index in [1.807, 2.05) is 30.3 Å². The number of hydrogen-bond acceptors (Lipinski definition) is 3. The molecule has 1 aliphatic rings. The number of carboxylic acid groups (broad SMARTS) is 1. The fourth-order valence-electron chi connectivity index (χ4n) is 2.34. The Labute approximate surface area is 123 Å². The van der Waals surface area contributed by atoms with E-state index in [4.69, 9.17) is 9.84 Å². The van der Waals surface area contributed by atoms with Crippen LogP contribution in [0.25, 0.3) is 0 Å². The number of nitrogens with one attached hydrogen (secondary N) is 1. The number of nitrogens with zero attached hydrogens (tertiary/aromatic N) is 1. The highest BCUT2D eigenvalue weighted by atomic mass is 16.5. The van der Waals surface area contributed by atoms with Gasteiger partial charge in [0.2, 0.25) is 0 Å². The molecule has 0 aromatic heterocycles. The fraction of sp³-hybridized carbons (Fsp3) is 0.467. The van der Waals surface area contributed by atoms with Gasteiger partial charge in [-0.2, -0.15) is 0 Å². The molecule has 6 nitrogen and oxygen atoms in total. The minimum absolute atomic E-state index is 0.306. The van der Waals surface area contributed by atoms with Crippen molar-refractivity contribution in [1.82, 2.24) is 10.2 Å². The molecule has 21 heavy (non-hydrogen) atoms. The van der Waals surface area contributed by atoms with E-state index in [1.54, 1.807) is 0 Å². The van der Waals surface area contributed by atoms with Gasteiger partial charge in [0.15, 0.2) is 0 Å². The van der Waals surface area contributed by atoms with Crippen molar-refractivity contribution in [2.24, 2.45) is 0 Å². The van der Waals surface area contributed by atoms with Gasteiger partial charge in [-0.25, -0.2) is 9.59 Å². The Morgan fingerprint density at radius 2 is 2.10 bits per heavy atom. The highest BCUT2D eigenvalue weighted by Crippen LogP contribution is 2.17. The number of carboxylic acids is 1. The number of urea groups is 1. The summed E-state index contributed by atoms with van der Waals surface area (Å²) in [7, 11) is 0. The average molecular weight is 292 g/mol. The summed E-state index contributed by atoms with van der Waals surface area (Å²) in [6.07, 6.45) is 1.94. The third-order valence-corrected chi connectivity index (χ3v) is 3.41. The zero-order chi connectivity index (χ0) is 15.1. The third-order valence-electron chi connectivity index (χ3n) is 3.41. The number of rotatable bonds is 6. The van der Waals surface area contributed by atoms with Crippen molar-refractivity contribution in [3.05, 3.63) is 30.3 Å². The minimum atomic E-state index is -0.935. The maximum Gasteiger partial charge on any atom is 0.326 e. The summed E-state index contributed by atoms with van der Waals surface area (Å²) in [6.45, 7) is 1.48. The fourth-order valence-corrected chi connectivity index (χ4v) is 2.34. The molecule has 0 unspecified atom stereocenters. The molecule has 0 aliphatic carbocycles. The number of likely N-dealkylation sites (tertiary alicyclic amines) is 1. The van der Waals surface area contributed by atoms with Crippen LogP contribution in [0.3, 0.4) is 0 Å². The summed E-state index contributed by atoms with van der Waals surface area (Å²) in [5, 5.41) is 11.8. The Morgan fingerprint density at radius 1 is 1.33 bits per heavy atom. The van der Waals surface area contributed by atoms with Crippen LogP contribution in [-0.2, 0) is 4.79 Å². The lowest BCUT2D eigenvalue weighted by molar-refractivity contribution is -0.141. The number of para-hydroxylation sites is 1. The number of benzene rings is 1. The highest BCUT2D eigenvalue weighted by Gasteiger charge is 2.33. The first-order valence-electron chi connectivity index (χ1n) is 7.13. The van der Waals surface area contributed by atoms with Crippen LogP contribution in [-0.4, -0.2) is 47.7 Å². The van der Waals surface area contributed by atoms with Gasteiger partial charge < -0.3 is 20.1 Å². The van der Waals surface area contributed by atoms with Gasteiger partial charge in [0.05, 0.1) is 6.61 Å². The molecular formula is C15H20N2O4. The molecule has 1 saturated heterocycles. The summed E-state index contributed by atoms with van der Waals surface area (Å²) in [4.78, 5) is 24.3. The first-order valence-corrected chi connectivity index (χ1v) is 7.13. The average Bonchev–Trinajstić information content (AvgIpc) is 2.97. The van der Waals surface area contributed by atoms with Crippen molar-refractivity contribution in [2.75, 3.05) is 19.7 Å². The lowest BCUT2D eigenvalue weighted by Gasteiger charge is -2.21. The maximum absolute atomic E-state index is 11.9. The molecule has 0 bridgehead atoms. The third kappa shape index (κ3) is 4.37. The van der Waals surface area contributed by atoms with E-state index >= 15 is 0 Å². The van der Waals surface area contributed by atoms with Crippen molar-refractivity contribution in [2.45, 2.75) is 25.3 Å². The molecular weight excluding hydrogens is 272 g/mol. The summed E-state index contributed by atoms with van der Waals surface area (Å²) in [6, 6.07) is 8.47. The van der Waals surface area contributed by atoms with Crippen LogP contribution >= 0.6 is 0 Å². The molecule has 1 fully saturated rings. The van der Waals surface area contributed by atoms with Crippen molar-refractivity contribution in [3.8, 4) is 5.75 Å². The second-order valence-electron chi connectivity index (χ2n) is 4.94. The van der Waals surface area contributed by atoms with Crippen LogP contribution < -0.4 is 10.1 Å². The monoisotopic (exact) mass is 292 g/mol.